The predicted octanol–water partition coefficient (Wildman–Crippen LogP) is 3.80. The number of amides is 2. The molecule has 0 radical (unpaired) electrons. The lowest BCUT2D eigenvalue weighted by molar-refractivity contribution is -0.131. The van der Waals surface area contributed by atoms with Crippen LogP contribution in [0.25, 0.3) is 11.3 Å². The highest BCUT2D eigenvalue weighted by atomic mass is 16.2. The van der Waals surface area contributed by atoms with E-state index in [1.807, 2.05) is 65.6 Å². The van der Waals surface area contributed by atoms with Crippen LogP contribution in [0.2, 0.25) is 0 Å². The Labute approximate surface area is 176 Å². The van der Waals surface area contributed by atoms with E-state index in [9.17, 15) is 9.59 Å². The van der Waals surface area contributed by atoms with Crippen LogP contribution in [0.4, 0.5) is 0 Å². The maximum absolute atomic E-state index is 12.8. The number of piperidine rings is 1. The molecule has 0 spiro atoms. The number of pyridine rings is 1. The number of likely N-dealkylation sites (tertiary alicyclic amines) is 1. The number of nitrogens with two attached hydrogens (primary N) is 1. The highest BCUT2D eigenvalue weighted by molar-refractivity contribution is 5.93. The maximum Gasteiger partial charge on any atom is 0.248 e. The van der Waals surface area contributed by atoms with Crippen molar-refractivity contribution in [1.82, 2.24) is 9.88 Å². The van der Waals surface area contributed by atoms with Gasteiger partial charge < -0.3 is 10.6 Å². The quantitative estimate of drug-likeness (QED) is 0.709. The number of primary amides is 1. The van der Waals surface area contributed by atoms with Crippen LogP contribution < -0.4 is 5.73 Å². The van der Waals surface area contributed by atoms with Gasteiger partial charge in [-0.25, -0.2) is 0 Å². The molecule has 3 aromatic rings. The molecule has 5 nitrogen and oxygen atoms in total. The largest absolute Gasteiger partial charge is 0.366 e. The summed E-state index contributed by atoms with van der Waals surface area (Å²) in [5, 5.41) is 0. The zero-order valence-electron chi connectivity index (χ0n) is 16.8. The Hall–Kier alpha value is -3.47. The van der Waals surface area contributed by atoms with Gasteiger partial charge in [-0.1, -0.05) is 48.5 Å². The van der Waals surface area contributed by atoms with Crippen molar-refractivity contribution in [3.63, 3.8) is 0 Å². The van der Waals surface area contributed by atoms with Gasteiger partial charge in [0.2, 0.25) is 11.8 Å². The van der Waals surface area contributed by atoms with E-state index in [0.29, 0.717) is 18.5 Å². The smallest absolute Gasteiger partial charge is 0.248 e. The van der Waals surface area contributed by atoms with Crippen LogP contribution in [0.5, 0.6) is 0 Å². The Morgan fingerprint density at radius 3 is 2.47 bits per heavy atom. The summed E-state index contributed by atoms with van der Waals surface area (Å²) < 4.78 is 0. The van der Waals surface area contributed by atoms with E-state index in [4.69, 9.17) is 10.7 Å². The second-order valence-corrected chi connectivity index (χ2v) is 7.73. The van der Waals surface area contributed by atoms with Crippen molar-refractivity contribution in [2.45, 2.75) is 25.2 Å². The van der Waals surface area contributed by atoms with Crippen LogP contribution in [-0.4, -0.2) is 34.8 Å². The topological polar surface area (TPSA) is 76.3 Å². The van der Waals surface area contributed by atoms with Crippen molar-refractivity contribution in [2.75, 3.05) is 13.1 Å². The first-order chi connectivity index (χ1) is 14.6. The fourth-order valence-corrected chi connectivity index (χ4v) is 3.97. The van der Waals surface area contributed by atoms with Gasteiger partial charge >= 0.3 is 0 Å². The molecular weight excluding hydrogens is 374 g/mol. The third kappa shape index (κ3) is 4.57. The first-order valence-corrected chi connectivity index (χ1v) is 10.3. The summed E-state index contributed by atoms with van der Waals surface area (Å²) in [6.07, 6.45) is 2.43. The summed E-state index contributed by atoms with van der Waals surface area (Å²) in [5.41, 5.74) is 9.65. The molecule has 2 amide bonds. The summed E-state index contributed by atoms with van der Waals surface area (Å²) >= 11 is 0. The average Bonchev–Trinajstić information content (AvgIpc) is 2.80. The number of benzene rings is 2. The number of hydrogen-bond acceptors (Lipinski definition) is 3. The molecule has 0 bridgehead atoms. The van der Waals surface area contributed by atoms with E-state index in [2.05, 4.69) is 0 Å². The van der Waals surface area contributed by atoms with E-state index < -0.39 is 5.91 Å². The van der Waals surface area contributed by atoms with Gasteiger partial charge in [0.05, 0.1) is 12.1 Å². The van der Waals surface area contributed by atoms with E-state index in [0.717, 1.165) is 41.9 Å². The molecule has 30 heavy (non-hydrogen) atoms. The maximum atomic E-state index is 12.8. The molecule has 4 rings (SSSR count). The molecule has 1 saturated heterocycles. The summed E-state index contributed by atoms with van der Waals surface area (Å²) in [5.74, 6) is -0.0434. The molecule has 2 aromatic carbocycles. The monoisotopic (exact) mass is 399 g/mol. The minimum Gasteiger partial charge on any atom is -0.366 e. The van der Waals surface area contributed by atoms with E-state index >= 15 is 0 Å². The molecule has 1 aliphatic heterocycles. The number of hydrogen-bond donors (Lipinski definition) is 1. The van der Waals surface area contributed by atoms with Gasteiger partial charge in [0.25, 0.3) is 0 Å². The highest BCUT2D eigenvalue weighted by Gasteiger charge is 2.25. The van der Waals surface area contributed by atoms with Crippen LogP contribution in [-0.2, 0) is 11.2 Å². The zero-order valence-corrected chi connectivity index (χ0v) is 16.8. The van der Waals surface area contributed by atoms with Crippen LogP contribution >= 0.6 is 0 Å². The van der Waals surface area contributed by atoms with Gasteiger partial charge in [-0.3, -0.25) is 14.6 Å². The lowest BCUT2D eigenvalue weighted by Gasteiger charge is -2.32. The van der Waals surface area contributed by atoms with Gasteiger partial charge in [-0.15, -0.1) is 0 Å². The molecule has 152 valence electrons. The number of carbonyl (C=O) groups is 2. The predicted molar refractivity (Wildman–Crippen MR) is 117 cm³/mol. The fraction of sp³-hybridized carbons (Fsp3) is 0.240. The van der Waals surface area contributed by atoms with E-state index in [-0.39, 0.29) is 11.8 Å². The molecule has 1 fully saturated rings. The first-order valence-electron chi connectivity index (χ1n) is 10.3. The molecule has 1 aliphatic rings. The Bertz CT molecular complexity index is 1030. The zero-order chi connectivity index (χ0) is 20.9. The van der Waals surface area contributed by atoms with Gasteiger partial charge in [-0.2, -0.15) is 0 Å². The Morgan fingerprint density at radius 2 is 1.73 bits per heavy atom. The summed E-state index contributed by atoms with van der Waals surface area (Å²) in [4.78, 5) is 30.9. The number of carbonyl (C=O) groups excluding carboxylic acids is 2. The normalized spacial score (nSPS) is 16.3. The third-order valence-electron chi connectivity index (χ3n) is 5.63. The average molecular weight is 399 g/mol. The minimum absolute atomic E-state index is 0.170. The molecule has 2 N–H and O–H groups in total. The molecule has 2 heterocycles. The van der Waals surface area contributed by atoms with Crippen molar-refractivity contribution in [2.24, 2.45) is 5.73 Å². The number of aromatic nitrogens is 1. The van der Waals surface area contributed by atoms with Crippen molar-refractivity contribution in [3.05, 3.63) is 89.6 Å². The number of nitrogens with zero attached hydrogens (tertiary/aromatic N) is 2. The molecule has 1 atom stereocenters. The van der Waals surface area contributed by atoms with Crippen molar-refractivity contribution < 1.29 is 9.59 Å². The highest BCUT2D eigenvalue weighted by Crippen LogP contribution is 2.28. The Morgan fingerprint density at radius 1 is 0.967 bits per heavy atom. The van der Waals surface area contributed by atoms with Crippen LogP contribution in [0.3, 0.4) is 0 Å². The van der Waals surface area contributed by atoms with Gasteiger partial charge in [0.1, 0.15) is 0 Å². The van der Waals surface area contributed by atoms with Crippen LogP contribution in [0.1, 0.15) is 40.4 Å². The molecule has 0 saturated carbocycles. The summed E-state index contributed by atoms with van der Waals surface area (Å²) in [6.45, 7) is 1.50. The molecule has 1 aromatic heterocycles. The molecular formula is C25H25N3O2. The Kier molecular flexibility index (Phi) is 5.89. The molecule has 5 heteroatoms. The van der Waals surface area contributed by atoms with Gasteiger partial charge in [0, 0.05) is 35.8 Å². The second-order valence-electron chi connectivity index (χ2n) is 7.73. The summed E-state index contributed by atoms with van der Waals surface area (Å²) in [7, 11) is 0. The fourth-order valence-electron chi connectivity index (χ4n) is 3.97. The molecule has 0 aliphatic carbocycles. The van der Waals surface area contributed by atoms with E-state index in [1.54, 1.807) is 12.1 Å². The lowest BCUT2D eigenvalue weighted by Crippen LogP contribution is -2.40. The standard InChI is InChI=1S/C25H25N3O2/c26-25(30)20-13-11-19(12-14-20)22-9-4-10-23(27-22)21-8-5-15-28(17-21)24(29)16-18-6-2-1-3-7-18/h1-4,6-7,9-14,21H,5,8,15-17H2,(H2,26,30). The van der Waals surface area contributed by atoms with Crippen LogP contribution in [0.15, 0.2) is 72.8 Å². The number of rotatable bonds is 5. The third-order valence-corrected chi connectivity index (χ3v) is 5.63. The molecule has 1 unspecified atom stereocenters. The Balaban J connectivity index is 1.47. The second kappa shape index (κ2) is 8.91. The van der Waals surface area contributed by atoms with Crippen molar-refractivity contribution in [1.29, 1.82) is 0 Å². The SMILES string of the molecule is NC(=O)c1ccc(-c2cccc(C3CCCN(C(=O)Cc4ccccc4)C3)n2)cc1. The van der Waals surface area contributed by atoms with Gasteiger partial charge in [0.15, 0.2) is 0 Å². The van der Waals surface area contributed by atoms with Gasteiger partial charge in [-0.05, 0) is 42.7 Å². The van der Waals surface area contributed by atoms with E-state index in [1.165, 1.54) is 0 Å². The van der Waals surface area contributed by atoms with Crippen LogP contribution in [0, 0.1) is 0 Å². The first kappa shape index (κ1) is 19.8. The van der Waals surface area contributed by atoms with Crippen molar-refractivity contribution >= 4 is 11.8 Å². The van der Waals surface area contributed by atoms with Crippen molar-refractivity contribution in [3.8, 4) is 11.3 Å². The summed E-state index contributed by atoms with van der Waals surface area (Å²) in [6, 6.07) is 23.1. The lowest BCUT2D eigenvalue weighted by atomic mass is 9.93. The minimum atomic E-state index is -0.439.